The lowest BCUT2D eigenvalue weighted by Crippen LogP contribution is -2.28. The predicted molar refractivity (Wildman–Crippen MR) is 78.9 cm³/mol. The molecule has 1 aromatic rings. The Morgan fingerprint density at radius 1 is 1.29 bits per heavy atom. The van der Waals surface area contributed by atoms with Crippen LogP contribution < -0.4 is 4.74 Å². The molecule has 0 N–H and O–H groups in total. The van der Waals surface area contributed by atoms with E-state index in [1.165, 1.54) is 5.56 Å². The molecule has 1 atom stereocenters. The van der Waals surface area contributed by atoms with E-state index in [0.29, 0.717) is 6.61 Å². The molecule has 0 radical (unpaired) electrons. The second-order valence-electron chi connectivity index (χ2n) is 3.98. The van der Waals surface area contributed by atoms with Crippen LogP contribution in [0.3, 0.4) is 0 Å². The SMILES string of the molecule is BrCc1cc(Br)c(OC2CCCOC2)c(Br)c1. The normalized spacial score (nSPS) is 20.3. The number of benzene rings is 1. The summed E-state index contributed by atoms with van der Waals surface area (Å²) < 4.78 is 13.4. The van der Waals surface area contributed by atoms with Crippen molar-refractivity contribution >= 4 is 47.8 Å². The van der Waals surface area contributed by atoms with Gasteiger partial charge in [-0.05, 0) is 62.4 Å². The van der Waals surface area contributed by atoms with Crippen LogP contribution >= 0.6 is 47.8 Å². The van der Waals surface area contributed by atoms with Crippen molar-refractivity contribution in [1.82, 2.24) is 0 Å². The maximum absolute atomic E-state index is 5.98. The molecule has 17 heavy (non-hydrogen) atoms. The number of hydrogen-bond acceptors (Lipinski definition) is 2. The Hall–Kier alpha value is 0.420. The van der Waals surface area contributed by atoms with Crippen LogP contribution in [-0.4, -0.2) is 19.3 Å². The van der Waals surface area contributed by atoms with Gasteiger partial charge >= 0.3 is 0 Å². The van der Waals surface area contributed by atoms with Gasteiger partial charge in [-0.3, -0.25) is 0 Å². The van der Waals surface area contributed by atoms with Gasteiger partial charge in [-0.15, -0.1) is 0 Å². The van der Waals surface area contributed by atoms with E-state index in [9.17, 15) is 0 Å². The highest BCUT2D eigenvalue weighted by Gasteiger charge is 2.18. The number of alkyl halides is 1. The molecule has 5 heteroatoms. The summed E-state index contributed by atoms with van der Waals surface area (Å²) in [7, 11) is 0. The van der Waals surface area contributed by atoms with Crippen LogP contribution in [-0.2, 0) is 10.1 Å². The van der Waals surface area contributed by atoms with E-state index < -0.39 is 0 Å². The van der Waals surface area contributed by atoms with Gasteiger partial charge in [0.1, 0.15) is 11.9 Å². The van der Waals surface area contributed by atoms with Crippen molar-refractivity contribution < 1.29 is 9.47 Å². The lowest BCUT2D eigenvalue weighted by molar-refractivity contribution is 0.00678. The van der Waals surface area contributed by atoms with E-state index in [-0.39, 0.29) is 6.10 Å². The van der Waals surface area contributed by atoms with E-state index >= 15 is 0 Å². The zero-order valence-corrected chi connectivity index (χ0v) is 14.0. The van der Waals surface area contributed by atoms with Crippen LogP contribution in [0.2, 0.25) is 0 Å². The Balaban J connectivity index is 2.14. The summed E-state index contributed by atoms with van der Waals surface area (Å²) in [5, 5.41) is 0.830. The van der Waals surface area contributed by atoms with Crippen molar-refractivity contribution in [2.24, 2.45) is 0 Å². The molecular weight excluding hydrogens is 416 g/mol. The fraction of sp³-hybridized carbons (Fsp3) is 0.500. The highest BCUT2D eigenvalue weighted by molar-refractivity contribution is 9.11. The smallest absolute Gasteiger partial charge is 0.148 e. The monoisotopic (exact) mass is 426 g/mol. The minimum absolute atomic E-state index is 0.158. The van der Waals surface area contributed by atoms with Crippen LogP contribution in [0.15, 0.2) is 21.1 Å². The highest BCUT2D eigenvalue weighted by atomic mass is 79.9. The number of rotatable bonds is 3. The molecule has 0 amide bonds. The van der Waals surface area contributed by atoms with Crippen molar-refractivity contribution in [3.05, 3.63) is 26.6 Å². The van der Waals surface area contributed by atoms with Gasteiger partial charge in [0.2, 0.25) is 0 Å². The summed E-state index contributed by atoms with van der Waals surface area (Å²) >= 11 is 10.5. The molecule has 1 saturated heterocycles. The second-order valence-corrected chi connectivity index (χ2v) is 6.25. The number of ether oxygens (including phenoxy) is 2. The summed E-state index contributed by atoms with van der Waals surface area (Å²) in [6.45, 7) is 1.53. The summed E-state index contributed by atoms with van der Waals surface area (Å²) in [6.07, 6.45) is 2.28. The molecule has 1 fully saturated rings. The van der Waals surface area contributed by atoms with Crippen LogP contribution in [0.4, 0.5) is 0 Å². The van der Waals surface area contributed by atoms with Gasteiger partial charge in [0, 0.05) is 11.9 Å². The third-order valence-corrected chi connectivity index (χ3v) is 4.44. The fourth-order valence-electron chi connectivity index (χ4n) is 1.77. The molecule has 2 nitrogen and oxygen atoms in total. The molecule has 0 aliphatic carbocycles. The van der Waals surface area contributed by atoms with Crippen LogP contribution in [0, 0.1) is 0 Å². The summed E-state index contributed by atoms with van der Waals surface area (Å²) in [6, 6.07) is 4.14. The minimum Gasteiger partial charge on any atom is -0.486 e. The molecule has 1 heterocycles. The first-order chi connectivity index (χ1) is 8.20. The molecule has 0 saturated carbocycles. The van der Waals surface area contributed by atoms with E-state index in [2.05, 4.69) is 59.9 Å². The average molecular weight is 429 g/mol. The Morgan fingerprint density at radius 2 is 2.00 bits per heavy atom. The molecular formula is C12H13Br3O2. The third kappa shape index (κ3) is 3.69. The molecule has 0 bridgehead atoms. The zero-order chi connectivity index (χ0) is 12.3. The Morgan fingerprint density at radius 3 is 2.53 bits per heavy atom. The Labute approximate surface area is 126 Å². The number of halogens is 3. The summed E-state index contributed by atoms with van der Waals surface area (Å²) in [5.41, 5.74) is 1.20. The zero-order valence-electron chi connectivity index (χ0n) is 9.22. The van der Waals surface area contributed by atoms with Crippen LogP contribution in [0.5, 0.6) is 5.75 Å². The van der Waals surface area contributed by atoms with E-state index in [1.807, 2.05) is 0 Å². The van der Waals surface area contributed by atoms with Gasteiger partial charge in [-0.25, -0.2) is 0 Å². The van der Waals surface area contributed by atoms with E-state index in [0.717, 1.165) is 39.5 Å². The van der Waals surface area contributed by atoms with Crippen LogP contribution in [0.25, 0.3) is 0 Å². The minimum atomic E-state index is 0.158. The van der Waals surface area contributed by atoms with Crippen molar-refractivity contribution in [2.45, 2.75) is 24.3 Å². The van der Waals surface area contributed by atoms with Gasteiger partial charge in [-0.1, -0.05) is 15.9 Å². The second kappa shape index (κ2) is 6.55. The summed E-state index contributed by atoms with van der Waals surface area (Å²) in [4.78, 5) is 0. The molecule has 1 unspecified atom stereocenters. The standard InChI is InChI=1S/C12H13Br3O2/c13-6-8-4-10(14)12(11(15)5-8)17-9-2-1-3-16-7-9/h4-5,9H,1-3,6-7H2. The lowest BCUT2D eigenvalue weighted by Gasteiger charge is -2.24. The van der Waals surface area contributed by atoms with Gasteiger partial charge in [0.05, 0.1) is 15.6 Å². The molecule has 0 aromatic heterocycles. The largest absolute Gasteiger partial charge is 0.486 e. The third-order valence-electron chi connectivity index (χ3n) is 2.62. The van der Waals surface area contributed by atoms with Crippen molar-refractivity contribution in [3.63, 3.8) is 0 Å². The van der Waals surface area contributed by atoms with Gasteiger partial charge < -0.3 is 9.47 Å². The topological polar surface area (TPSA) is 18.5 Å². The molecule has 0 spiro atoms. The Kier molecular flexibility index (Phi) is 5.33. The highest BCUT2D eigenvalue weighted by Crippen LogP contribution is 2.36. The van der Waals surface area contributed by atoms with E-state index in [1.54, 1.807) is 0 Å². The van der Waals surface area contributed by atoms with Crippen molar-refractivity contribution in [1.29, 1.82) is 0 Å². The lowest BCUT2D eigenvalue weighted by atomic mass is 10.1. The first-order valence-corrected chi connectivity index (χ1v) is 8.19. The molecule has 1 aromatic carbocycles. The summed E-state index contributed by atoms with van der Waals surface area (Å²) in [5.74, 6) is 0.866. The first-order valence-electron chi connectivity index (χ1n) is 5.49. The van der Waals surface area contributed by atoms with Crippen LogP contribution in [0.1, 0.15) is 18.4 Å². The molecule has 2 rings (SSSR count). The maximum atomic E-state index is 5.98. The molecule has 94 valence electrons. The fourth-order valence-corrected chi connectivity index (χ4v) is 3.56. The maximum Gasteiger partial charge on any atom is 0.148 e. The predicted octanol–water partition coefficient (Wildman–Crippen LogP) is 4.66. The molecule has 1 aliphatic heterocycles. The average Bonchev–Trinajstić information content (AvgIpc) is 2.35. The molecule has 1 aliphatic rings. The van der Waals surface area contributed by atoms with Gasteiger partial charge in [0.25, 0.3) is 0 Å². The van der Waals surface area contributed by atoms with E-state index in [4.69, 9.17) is 9.47 Å². The van der Waals surface area contributed by atoms with Gasteiger partial charge in [0.15, 0.2) is 0 Å². The van der Waals surface area contributed by atoms with Gasteiger partial charge in [-0.2, -0.15) is 0 Å². The Bertz CT molecular complexity index is 366. The quantitative estimate of drug-likeness (QED) is 0.652. The van der Waals surface area contributed by atoms with Crippen molar-refractivity contribution in [3.8, 4) is 5.75 Å². The first kappa shape index (κ1) is 13.8. The number of hydrogen-bond donors (Lipinski definition) is 0. The van der Waals surface area contributed by atoms with Crippen molar-refractivity contribution in [2.75, 3.05) is 13.2 Å².